The third-order valence-corrected chi connectivity index (χ3v) is 5.22. The van der Waals surface area contributed by atoms with E-state index < -0.39 is 0 Å². The second kappa shape index (κ2) is 6.39. The molecule has 0 aliphatic carbocycles. The van der Waals surface area contributed by atoms with Crippen molar-refractivity contribution in [2.75, 3.05) is 19.5 Å². The number of rotatable bonds is 6. The van der Waals surface area contributed by atoms with E-state index in [1.807, 2.05) is 18.2 Å². The fourth-order valence-corrected chi connectivity index (χ4v) is 3.52. The van der Waals surface area contributed by atoms with Crippen molar-refractivity contribution in [3.63, 3.8) is 0 Å². The van der Waals surface area contributed by atoms with Crippen LogP contribution in [0.25, 0.3) is 16.6 Å². The van der Waals surface area contributed by atoms with Crippen molar-refractivity contribution in [1.82, 2.24) is 19.6 Å². The molecule has 0 spiro atoms. The van der Waals surface area contributed by atoms with Gasteiger partial charge in [-0.05, 0) is 30.4 Å². The fraction of sp³-hybridized carbons (Fsp3) is 0.526. The van der Waals surface area contributed by atoms with Gasteiger partial charge < -0.3 is 15.6 Å². The number of anilines is 1. The Morgan fingerprint density at radius 3 is 2.58 bits per heavy atom. The number of benzene rings is 1. The van der Waals surface area contributed by atoms with Gasteiger partial charge in [0.2, 0.25) is 5.95 Å². The molecule has 0 bridgehead atoms. The average Bonchev–Trinajstić information content (AvgIpc) is 3.08. The van der Waals surface area contributed by atoms with E-state index in [0.29, 0.717) is 22.7 Å². The number of nitrogen functional groups attached to an aromatic ring is 1. The average molecular weight is 357 g/mol. The largest absolute Gasteiger partial charge is 0.494 e. The van der Waals surface area contributed by atoms with E-state index in [4.69, 9.17) is 15.5 Å². The van der Waals surface area contributed by atoms with E-state index in [-0.39, 0.29) is 23.4 Å². The van der Waals surface area contributed by atoms with Crippen LogP contribution in [0, 0.1) is 5.41 Å². The summed E-state index contributed by atoms with van der Waals surface area (Å²) >= 11 is 0. The number of nitrogens with two attached hydrogens (primary N) is 1. The number of aliphatic hydroxyl groups excluding tert-OH is 1. The molecule has 140 valence electrons. The van der Waals surface area contributed by atoms with E-state index in [1.54, 1.807) is 11.6 Å². The molecule has 0 saturated carbocycles. The topological polar surface area (TPSA) is 98.6 Å². The molecule has 7 heteroatoms. The van der Waals surface area contributed by atoms with Crippen molar-refractivity contribution in [3.05, 3.63) is 24.0 Å². The highest BCUT2D eigenvalue weighted by Crippen LogP contribution is 2.38. The molecule has 0 fully saturated rings. The summed E-state index contributed by atoms with van der Waals surface area (Å²) in [7, 11) is 1.61. The number of para-hydroxylation sites is 1. The lowest BCUT2D eigenvalue weighted by atomic mass is 9.72. The lowest BCUT2D eigenvalue weighted by molar-refractivity contribution is 0.103. The van der Waals surface area contributed by atoms with Gasteiger partial charge in [-0.1, -0.05) is 33.8 Å². The Morgan fingerprint density at radius 2 is 1.96 bits per heavy atom. The van der Waals surface area contributed by atoms with Crippen molar-refractivity contribution < 1.29 is 9.84 Å². The van der Waals surface area contributed by atoms with Crippen molar-refractivity contribution in [3.8, 4) is 5.75 Å². The summed E-state index contributed by atoms with van der Waals surface area (Å²) in [5.74, 6) is 1.61. The Morgan fingerprint density at radius 1 is 1.23 bits per heavy atom. The summed E-state index contributed by atoms with van der Waals surface area (Å²) in [6.07, 6.45) is 1.64. The molecule has 2 aromatic heterocycles. The summed E-state index contributed by atoms with van der Waals surface area (Å²) in [5.41, 5.74) is 6.96. The number of hydrogen-bond acceptors (Lipinski definition) is 6. The number of fused-ring (bicyclic) bond motifs is 3. The van der Waals surface area contributed by atoms with Gasteiger partial charge in [0.25, 0.3) is 0 Å². The predicted molar refractivity (Wildman–Crippen MR) is 102 cm³/mol. The second-order valence-corrected chi connectivity index (χ2v) is 7.88. The van der Waals surface area contributed by atoms with Crippen LogP contribution in [0.3, 0.4) is 0 Å². The molecular weight excluding hydrogens is 330 g/mol. The number of nitrogens with zero attached hydrogens (tertiary/aromatic N) is 4. The third kappa shape index (κ3) is 2.96. The molecule has 0 radical (unpaired) electrons. The van der Waals surface area contributed by atoms with Gasteiger partial charge >= 0.3 is 0 Å². The summed E-state index contributed by atoms with van der Waals surface area (Å²) in [4.78, 5) is 9.25. The molecule has 1 unspecified atom stereocenters. The van der Waals surface area contributed by atoms with E-state index >= 15 is 0 Å². The SMILES string of the molecule is CCC(C)(CO)CC(C)(C)c1nc2c3cccc(OC)c3nc(N)n2n1. The predicted octanol–water partition coefficient (Wildman–Crippen LogP) is 2.94. The molecule has 26 heavy (non-hydrogen) atoms. The first kappa shape index (κ1) is 18.4. The molecule has 0 aliphatic heterocycles. The van der Waals surface area contributed by atoms with Crippen LogP contribution in [0.4, 0.5) is 5.95 Å². The number of aliphatic hydroxyl groups is 1. The zero-order valence-corrected chi connectivity index (χ0v) is 16.1. The zero-order chi connectivity index (χ0) is 19.1. The van der Waals surface area contributed by atoms with E-state index in [9.17, 15) is 5.11 Å². The van der Waals surface area contributed by atoms with Gasteiger partial charge in [-0.15, -0.1) is 5.10 Å². The van der Waals surface area contributed by atoms with Crippen LogP contribution in [-0.2, 0) is 5.41 Å². The lowest BCUT2D eigenvalue weighted by Crippen LogP contribution is -2.32. The number of hydrogen-bond donors (Lipinski definition) is 2. The molecule has 1 atom stereocenters. The first-order chi connectivity index (χ1) is 12.2. The Bertz CT molecular complexity index is 944. The Labute approximate surface area is 153 Å². The second-order valence-electron chi connectivity index (χ2n) is 7.88. The summed E-state index contributed by atoms with van der Waals surface area (Å²) in [6.45, 7) is 8.49. The fourth-order valence-electron chi connectivity index (χ4n) is 3.52. The highest BCUT2D eigenvalue weighted by atomic mass is 16.5. The summed E-state index contributed by atoms with van der Waals surface area (Å²) in [5, 5.41) is 15.3. The van der Waals surface area contributed by atoms with Crippen LogP contribution in [0.5, 0.6) is 5.75 Å². The maximum absolute atomic E-state index is 9.79. The molecule has 3 rings (SSSR count). The van der Waals surface area contributed by atoms with Crippen molar-refractivity contribution in [2.24, 2.45) is 5.41 Å². The molecule has 2 heterocycles. The monoisotopic (exact) mass is 357 g/mol. The van der Waals surface area contributed by atoms with Gasteiger partial charge in [0.05, 0.1) is 7.11 Å². The standard InChI is InChI=1S/C19H27N5O2/c1-6-19(4,11-25)10-18(2,3)16-22-15-12-8-7-9-13(26-5)14(12)21-17(20)24(15)23-16/h7-9,25H,6,10-11H2,1-5H3,(H2,20,21). The third-order valence-electron chi connectivity index (χ3n) is 5.22. The highest BCUT2D eigenvalue weighted by molar-refractivity contribution is 5.95. The maximum Gasteiger partial charge on any atom is 0.223 e. The Hall–Kier alpha value is -2.41. The van der Waals surface area contributed by atoms with Gasteiger partial charge in [0.15, 0.2) is 11.5 Å². The number of methoxy groups -OCH3 is 1. The first-order valence-electron chi connectivity index (χ1n) is 8.85. The Kier molecular flexibility index (Phi) is 4.52. The van der Waals surface area contributed by atoms with Crippen LogP contribution < -0.4 is 10.5 Å². The van der Waals surface area contributed by atoms with Gasteiger partial charge in [0.1, 0.15) is 11.3 Å². The van der Waals surface area contributed by atoms with E-state index in [0.717, 1.165) is 18.2 Å². The maximum atomic E-state index is 9.79. The zero-order valence-electron chi connectivity index (χ0n) is 16.1. The minimum atomic E-state index is -0.322. The number of ether oxygens (including phenoxy) is 1. The minimum Gasteiger partial charge on any atom is -0.494 e. The van der Waals surface area contributed by atoms with Crippen molar-refractivity contribution in [2.45, 2.75) is 46.0 Å². The van der Waals surface area contributed by atoms with Crippen LogP contribution in [0.1, 0.15) is 46.4 Å². The molecule has 3 N–H and O–H groups in total. The lowest BCUT2D eigenvalue weighted by Gasteiger charge is -2.33. The van der Waals surface area contributed by atoms with Gasteiger partial charge in [-0.25, -0.2) is 9.97 Å². The summed E-state index contributed by atoms with van der Waals surface area (Å²) in [6, 6.07) is 5.69. The van der Waals surface area contributed by atoms with E-state index in [1.165, 1.54) is 0 Å². The number of aromatic nitrogens is 4. The highest BCUT2D eigenvalue weighted by Gasteiger charge is 2.35. The van der Waals surface area contributed by atoms with Gasteiger partial charge in [0, 0.05) is 17.4 Å². The molecule has 0 amide bonds. The smallest absolute Gasteiger partial charge is 0.223 e. The normalized spacial score (nSPS) is 14.7. The molecule has 3 aromatic rings. The molecule has 7 nitrogen and oxygen atoms in total. The van der Waals surface area contributed by atoms with Crippen LogP contribution in [0.15, 0.2) is 18.2 Å². The first-order valence-corrected chi connectivity index (χ1v) is 8.85. The minimum absolute atomic E-state index is 0.129. The summed E-state index contributed by atoms with van der Waals surface area (Å²) < 4.78 is 6.98. The van der Waals surface area contributed by atoms with Crippen LogP contribution >= 0.6 is 0 Å². The van der Waals surface area contributed by atoms with E-state index in [2.05, 4.69) is 37.8 Å². The molecular formula is C19H27N5O2. The molecule has 0 saturated heterocycles. The molecule has 0 aliphatic rings. The molecule has 1 aromatic carbocycles. The van der Waals surface area contributed by atoms with Crippen molar-refractivity contribution in [1.29, 1.82) is 0 Å². The van der Waals surface area contributed by atoms with Gasteiger partial charge in [-0.2, -0.15) is 4.52 Å². The van der Waals surface area contributed by atoms with Crippen LogP contribution in [-0.4, -0.2) is 38.4 Å². The quantitative estimate of drug-likeness (QED) is 0.704. The van der Waals surface area contributed by atoms with Crippen LogP contribution in [0.2, 0.25) is 0 Å². The Balaban J connectivity index is 2.17. The van der Waals surface area contributed by atoms with Crippen molar-refractivity contribution >= 4 is 22.5 Å². The van der Waals surface area contributed by atoms with Gasteiger partial charge in [-0.3, -0.25) is 0 Å².